The first kappa shape index (κ1) is 15.2. The van der Waals surface area contributed by atoms with E-state index in [2.05, 4.69) is 0 Å². The molecular formula is C18H15F2IO2. The SMILES string of the molecule is Fc1c(I)ccc2c1oc1c(F)c(OCC3CCCC3)ccc12. The van der Waals surface area contributed by atoms with E-state index in [9.17, 15) is 8.78 Å². The largest absolute Gasteiger partial charge is 0.490 e. The third kappa shape index (κ3) is 2.58. The molecule has 120 valence electrons. The van der Waals surface area contributed by atoms with Crippen molar-refractivity contribution >= 4 is 44.5 Å². The normalized spacial score (nSPS) is 15.8. The number of hydrogen-bond donors (Lipinski definition) is 0. The van der Waals surface area contributed by atoms with Crippen LogP contribution in [0.4, 0.5) is 8.78 Å². The topological polar surface area (TPSA) is 22.4 Å². The Bertz CT molecular complexity index is 882. The summed E-state index contributed by atoms with van der Waals surface area (Å²) in [6.07, 6.45) is 4.71. The summed E-state index contributed by atoms with van der Waals surface area (Å²) in [7, 11) is 0. The maximum absolute atomic E-state index is 14.7. The molecule has 23 heavy (non-hydrogen) atoms. The van der Waals surface area contributed by atoms with Gasteiger partial charge >= 0.3 is 0 Å². The fourth-order valence-corrected chi connectivity index (χ4v) is 3.72. The highest BCUT2D eigenvalue weighted by molar-refractivity contribution is 14.1. The van der Waals surface area contributed by atoms with E-state index in [1.165, 1.54) is 12.8 Å². The van der Waals surface area contributed by atoms with Gasteiger partial charge in [0.15, 0.2) is 22.7 Å². The fourth-order valence-electron chi connectivity index (χ4n) is 3.29. The van der Waals surface area contributed by atoms with Crippen molar-refractivity contribution in [2.24, 2.45) is 5.92 Å². The molecule has 0 aliphatic heterocycles. The molecule has 0 unspecified atom stereocenters. The molecule has 0 bridgehead atoms. The minimum atomic E-state index is -0.550. The molecule has 0 radical (unpaired) electrons. The van der Waals surface area contributed by atoms with Crippen LogP contribution in [0.25, 0.3) is 21.9 Å². The number of hydrogen-bond acceptors (Lipinski definition) is 2. The maximum atomic E-state index is 14.7. The zero-order chi connectivity index (χ0) is 16.0. The van der Waals surface area contributed by atoms with Gasteiger partial charge in [0.2, 0.25) is 5.82 Å². The molecule has 2 nitrogen and oxygen atoms in total. The van der Waals surface area contributed by atoms with Crippen molar-refractivity contribution in [1.29, 1.82) is 0 Å². The van der Waals surface area contributed by atoms with Crippen LogP contribution in [0, 0.1) is 21.1 Å². The first-order chi connectivity index (χ1) is 11.1. The Morgan fingerprint density at radius 2 is 1.65 bits per heavy atom. The summed E-state index contributed by atoms with van der Waals surface area (Å²) in [4.78, 5) is 0. The van der Waals surface area contributed by atoms with Crippen molar-refractivity contribution in [2.45, 2.75) is 25.7 Å². The Hall–Kier alpha value is -1.37. The predicted octanol–water partition coefficient (Wildman–Crippen LogP) is 6.04. The molecular weight excluding hydrogens is 413 g/mol. The van der Waals surface area contributed by atoms with E-state index in [1.54, 1.807) is 24.3 Å². The van der Waals surface area contributed by atoms with Crippen LogP contribution in [-0.4, -0.2) is 6.61 Å². The van der Waals surface area contributed by atoms with E-state index in [0.717, 1.165) is 12.8 Å². The molecule has 1 saturated carbocycles. The van der Waals surface area contributed by atoms with E-state index in [1.807, 2.05) is 22.6 Å². The van der Waals surface area contributed by atoms with Crippen molar-refractivity contribution < 1.29 is 17.9 Å². The van der Waals surface area contributed by atoms with Crippen molar-refractivity contribution in [1.82, 2.24) is 0 Å². The van der Waals surface area contributed by atoms with E-state index in [0.29, 0.717) is 26.9 Å². The van der Waals surface area contributed by atoms with Gasteiger partial charge < -0.3 is 9.15 Å². The Morgan fingerprint density at radius 1 is 1.00 bits per heavy atom. The lowest BCUT2D eigenvalue weighted by Crippen LogP contribution is -2.08. The molecule has 1 fully saturated rings. The van der Waals surface area contributed by atoms with Gasteiger partial charge in [-0.1, -0.05) is 12.8 Å². The van der Waals surface area contributed by atoms with E-state index in [4.69, 9.17) is 9.15 Å². The average molecular weight is 428 g/mol. The highest BCUT2D eigenvalue weighted by Gasteiger charge is 2.20. The number of ether oxygens (including phenoxy) is 1. The molecule has 0 spiro atoms. The van der Waals surface area contributed by atoms with Crippen LogP contribution in [0.1, 0.15) is 25.7 Å². The van der Waals surface area contributed by atoms with Crippen molar-refractivity contribution in [3.8, 4) is 5.75 Å². The highest BCUT2D eigenvalue weighted by atomic mass is 127. The monoisotopic (exact) mass is 428 g/mol. The summed E-state index contributed by atoms with van der Waals surface area (Å²) in [5, 5.41) is 1.15. The second-order valence-corrected chi connectivity index (χ2v) is 7.22. The Labute approximate surface area is 145 Å². The molecule has 1 aromatic heterocycles. The summed E-state index contributed by atoms with van der Waals surface area (Å²) in [5.41, 5.74) is 0.156. The van der Waals surface area contributed by atoms with Gasteiger partial charge in [-0.05, 0) is 65.6 Å². The van der Waals surface area contributed by atoms with Gasteiger partial charge in [0, 0.05) is 10.8 Å². The number of halogens is 3. The Morgan fingerprint density at radius 3 is 2.39 bits per heavy atom. The quantitative estimate of drug-likeness (QED) is 0.475. The fraction of sp³-hybridized carbons (Fsp3) is 0.333. The lowest BCUT2D eigenvalue weighted by atomic mass is 10.1. The lowest BCUT2D eigenvalue weighted by molar-refractivity contribution is 0.242. The van der Waals surface area contributed by atoms with E-state index < -0.39 is 11.6 Å². The number of fused-ring (bicyclic) bond motifs is 3. The number of rotatable bonds is 3. The third-order valence-corrected chi connectivity index (χ3v) is 5.39. The van der Waals surface area contributed by atoms with Gasteiger partial charge in [-0.2, -0.15) is 4.39 Å². The number of furan rings is 1. The molecule has 2 aromatic carbocycles. The van der Waals surface area contributed by atoms with Gasteiger partial charge in [-0.25, -0.2) is 4.39 Å². The van der Waals surface area contributed by atoms with Crippen LogP contribution in [0.5, 0.6) is 5.75 Å². The maximum Gasteiger partial charge on any atom is 0.208 e. The van der Waals surface area contributed by atoms with Gasteiger partial charge in [0.05, 0.1) is 10.2 Å². The van der Waals surface area contributed by atoms with Crippen LogP contribution in [0.3, 0.4) is 0 Å². The molecule has 1 aliphatic carbocycles. The van der Waals surface area contributed by atoms with Gasteiger partial charge in [-0.15, -0.1) is 0 Å². The standard InChI is InChI=1S/C18H15F2IO2/c19-15-13(21)7-5-11-12-6-8-14(16(20)18(12)23-17(11)15)22-9-10-3-1-2-4-10/h5-8,10H,1-4,9H2. The summed E-state index contributed by atoms with van der Waals surface area (Å²) < 4.78 is 40.4. The molecule has 1 heterocycles. The van der Waals surface area contributed by atoms with Crippen molar-refractivity contribution in [2.75, 3.05) is 6.61 Å². The average Bonchev–Trinajstić information content (AvgIpc) is 3.18. The van der Waals surface area contributed by atoms with Crippen LogP contribution < -0.4 is 4.74 Å². The minimum Gasteiger partial charge on any atom is -0.490 e. The summed E-state index contributed by atoms with van der Waals surface area (Å²) in [5.74, 6) is -0.323. The Kier molecular flexibility index (Phi) is 3.91. The van der Waals surface area contributed by atoms with Gasteiger partial charge in [-0.3, -0.25) is 0 Å². The van der Waals surface area contributed by atoms with Crippen LogP contribution in [0.15, 0.2) is 28.7 Å². The van der Waals surface area contributed by atoms with E-state index >= 15 is 0 Å². The van der Waals surface area contributed by atoms with Gasteiger partial charge in [0.1, 0.15) is 0 Å². The van der Waals surface area contributed by atoms with Crippen LogP contribution in [0.2, 0.25) is 0 Å². The summed E-state index contributed by atoms with van der Waals surface area (Å²) >= 11 is 1.89. The molecule has 1 aliphatic rings. The molecule has 0 amide bonds. The van der Waals surface area contributed by atoms with Crippen molar-refractivity contribution in [3.05, 3.63) is 39.5 Å². The highest BCUT2D eigenvalue weighted by Crippen LogP contribution is 2.37. The zero-order valence-electron chi connectivity index (χ0n) is 12.4. The first-order valence-electron chi connectivity index (χ1n) is 7.76. The lowest BCUT2D eigenvalue weighted by Gasteiger charge is -2.11. The molecule has 0 N–H and O–H groups in total. The molecule has 0 saturated heterocycles. The smallest absolute Gasteiger partial charge is 0.208 e. The third-order valence-electron chi connectivity index (χ3n) is 4.56. The summed E-state index contributed by atoms with van der Waals surface area (Å²) in [6.45, 7) is 0.523. The predicted molar refractivity (Wildman–Crippen MR) is 93.8 cm³/mol. The van der Waals surface area contributed by atoms with Crippen LogP contribution in [-0.2, 0) is 0 Å². The van der Waals surface area contributed by atoms with Gasteiger partial charge in [0.25, 0.3) is 0 Å². The zero-order valence-corrected chi connectivity index (χ0v) is 14.5. The molecule has 3 aromatic rings. The number of benzene rings is 2. The first-order valence-corrected chi connectivity index (χ1v) is 8.84. The van der Waals surface area contributed by atoms with E-state index in [-0.39, 0.29) is 16.9 Å². The second kappa shape index (κ2) is 5.92. The van der Waals surface area contributed by atoms with Crippen molar-refractivity contribution in [3.63, 3.8) is 0 Å². The molecule has 4 rings (SSSR count). The molecule has 0 atom stereocenters. The van der Waals surface area contributed by atoms with Crippen LogP contribution >= 0.6 is 22.6 Å². The second-order valence-electron chi connectivity index (χ2n) is 6.06. The minimum absolute atomic E-state index is 0.0600. The Balaban J connectivity index is 1.75. The summed E-state index contributed by atoms with van der Waals surface area (Å²) in [6, 6.07) is 6.76. The molecule has 5 heteroatoms.